The molecule has 0 saturated heterocycles. The van der Waals surface area contributed by atoms with E-state index in [-0.39, 0.29) is 12.5 Å². The maximum atomic E-state index is 11.5. The molecule has 0 spiro atoms. The fourth-order valence-corrected chi connectivity index (χ4v) is 1.87. The molecule has 20 heavy (non-hydrogen) atoms. The Morgan fingerprint density at radius 2 is 1.80 bits per heavy atom. The fraction of sp³-hybridized carbons (Fsp3) is 0.467. The van der Waals surface area contributed by atoms with Crippen LogP contribution in [0.3, 0.4) is 0 Å². The van der Waals surface area contributed by atoms with E-state index in [4.69, 9.17) is 5.11 Å². The third kappa shape index (κ3) is 6.78. The van der Waals surface area contributed by atoms with Crippen molar-refractivity contribution in [3.05, 3.63) is 35.4 Å². The summed E-state index contributed by atoms with van der Waals surface area (Å²) in [5.41, 5.74) is 2.46. The second kappa shape index (κ2) is 8.96. The summed E-state index contributed by atoms with van der Waals surface area (Å²) in [4.78, 5) is 21.8. The van der Waals surface area contributed by atoms with Crippen LogP contribution in [-0.2, 0) is 11.2 Å². The Labute approximate surface area is 119 Å². The Kier molecular flexibility index (Phi) is 7.17. The maximum absolute atomic E-state index is 11.5. The summed E-state index contributed by atoms with van der Waals surface area (Å²) in [6.07, 6.45) is 2.21. The zero-order chi connectivity index (χ0) is 14.8. The van der Waals surface area contributed by atoms with Crippen LogP contribution in [0.5, 0.6) is 0 Å². The molecule has 5 nitrogen and oxygen atoms in total. The van der Waals surface area contributed by atoms with Crippen LogP contribution < -0.4 is 10.6 Å². The molecule has 0 aliphatic heterocycles. The van der Waals surface area contributed by atoms with Crippen LogP contribution in [0.15, 0.2) is 24.3 Å². The fourth-order valence-electron chi connectivity index (χ4n) is 1.87. The van der Waals surface area contributed by atoms with E-state index in [0.29, 0.717) is 25.9 Å². The third-order valence-corrected chi connectivity index (χ3v) is 3.04. The molecule has 0 fully saturated rings. The Balaban J connectivity index is 2.09. The van der Waals surface area contributed by atoms with Crippen molar-refractivity contribution in [1.29, 1.82) is 0 Å². The van der Waals surface area contributed by atoms with Crippen molar-refractivity contribution in [2.24, 2.45) is 0 Å². The van der Waals surface area contributed by atoms with Gasteiger partial charge in [-0.2, -0.15) is 0 Å². The van der Waals surface area contributed by atoms with Gasteiger partial charge in [-0.15, -0.1) is 0 Å². The number of benzene rings is 1. The number of urea groups is 1. The molecule has 0 radical (unpaired) electrons. The first kappa shape index (κ1) is 16.0. The summed E-state index contributed by atoms with van der Waals surface area (Å²) in [5.74, 6) is -0.798. The lowest BCUT2D eigenvalue weighted by molar-refractivity contribution is -0.137. The van der Waals surface area contributed by atoms with E-state index in [9.17, 15) is 9.59 Å². The quantitative estimate of drug-likeness (QED) is 0.637. The van der Waals surface area contributed by atoms with Crippen molar-refractivity contribution in [3.63, 3.8) is 0 Å². The normalized spacial score (nSPS) is 10.1. The number of carbonyl (C=O) groups is 2. The van der Waals surface area contributed by atoms with E-state index in [2.05, 4.69) is 29.7 Å². The molecule has 1 aromatic rings. The van der Waals surface area contributed by atoms with Gasteiger partial charge in [-0.3, -0.25) is 4.79 Å². The van der Waals surface area contributed by atoms with Crippen LogP contribution >= 0.6 is 0 Å². The molecule has 0 saturated carbocycles. The molecule has 1 aromatic carbocycles. The van der Waals surface area contributed by atoms with Crippen molar-refractivity contribution < 1.29 is 14.7 Å². The highest BCUT2D eigenvalue weighted by atomic mass is 16.4. The number of hydrogen-bond donors (Lipinski definition) is 3. The molecule has 2 amide bonds. The predicted octanol–water partition coefficient (Wildman–Crippen LogP) is 2.09. The summed E-state index contributed by atoms with van der Waals surface area (Å²) in [7, 11) is 0. The monoisotopic (exact) mass is 278 g/mol. The third-order valence-electron chi connectivity index (χ3n) is 3.04. The standard InChI is InChI=1S/C15H22N2O3/c1-12-6-2-3-7-13(12)9-11-17-15(20)16-10-5-4-8-14(18)19/h2-3,6-7H,4-5,8-11H2,1H3,(H,18,19)(H2,16,17,20). The maximum Gasteiger partial charge on any atom is 0.314 e. The van der Waals surface area contributed by atoms with Gasteiger partial charge in [0.05, 0.1) is 0 Å². The SMILES string of the molecule is Cc1ccccc1CCNC(=O)NCCCCC(=O)O. The summed E-state index contributed by atoms with van der Waals surface area (Å²) >= 11 is 0. The molecule has 0 unspecified atom stereocenters. The Morgan fingerprint density at radius 1 is 1.10 bits per heavy atom. The average Bonchev–Trinajstić information content (AvgIpc) is 2.40. The minimum atomic E-state index is -0.798. The lowest BCUT2D eigenvalue weighted by atomic mass is 10.1. The number of nitrogens with one attached hydrogen (secondary N) is 2. The van der Waals surface area contributed by atoms with Crippen molar-refractivity contribution in [2.75, 3.05) is 13.1 Å². The van der Waals surface area contributed by atoms with Crippen LogP contribution in [0.4, 0.5) is 4.79 Å². The molecule has 110 valence electrons. The number of unbranched alkanes of at least 4 members (excludes halogenated alkanes) is 1. The number of carboxylic acid groups (broad SMARTS) is 1. The zero-order valence-corrected chi connectivity index (χ0v) is 11.8. The smallest absolute Gasteiger partial charge is 0.314 e. The van der Waals surface area contributed by atoms with Crippen LogP contribution in [0.2, 0.25) is 0 Å². The van der Waals surface area contributed by atoms with E-state index < -0.39 is 5.97 Å². The van der Waals surface area contributed by atoms with E-state index in [1.165, 1.54) is 11.1 Å². The average molecular weight is 278 g/mol. The molecule has 0 bridgehead atoms. The first-order chi connectivity index (χ1) is 9.59. The predicted molar refractivity (Wildman–Crippen MR) is 77.8 cm³/mol. The van der Waals surface area contributed by atoms with Gasteiger partial charge in [-0.25, -0.2) is 4.79 Å². The van der Waals surface area contributed by atoms with E-state index in [1.54, 1.807) is 0 Å². The van der Waals surface area contributed by atoms with Gasteiger partial charge in [0, 0.05) is 19.5 Å². The van der Waals surface area contributed by atoms with Crippen molar-refractivity contribution in [1.82, 2.24) is 10.6 Å². The van der Waals surface area contributed by atoms with Gasteiger partial charge >= 0.3 is 12.0 Å². The van der Waals surface area contributed by atoms with Crippen molar-refractivity contribution in [3.8, 4) is 0 Å². The summed E-state index contributed by atoms with van der Waals surface area (Å²) < 4.78 is 0. The number of amides is 2. The first-order valence-electron chi connectivity index (χ1n) is 6.87. The molecule has 5 heteroatoms. The summed E-state index contributed by atoms with van der Waals surface area (Å²) in [5, 5.41) is 14.0. The van der Waals surface area contributed by atoms with Crippen LogP contribution in [0.25, 0.3) is 0 Å². The largest absolute Gasteiger partial charge is 0.481 e. The van der Waals surface area contributed by atoms with E-state index in [0.717, 1.165) is 6.42 Å². The number of aliphatic carboxylic acids is 1. The number of hydrogen-bond acceptors (Lipinski definition) is 2. The number of rotatable bonds is 8. The van der Waals surface area contributed by atoms with Crippen LogP contribution in [-0.4, -0.2) is 30.2 Å². The molecule has 3 N–H and O–H groups in total. The topological polar surface area (TPSA) is 78.4 Å². The molecule has 0 aromatic heterocycles. The molecular weight excluding hydrogens is 256 g/mol. The summed E-state index contributed by atoms with van der Waals surface area (Å²) in [6, 6.07) is 7.90. The lowest BCUT2D eigenvalue weighted by Gasteiger charge is -2.08. The van der Waals surface area contributed by atoms with Gasteiger partial charge in [-0.1, -0.05) is 24.3 Å². The second-order valence-corrected chi connectivity index (χ2v) is 4.71. The number of carbonyl (C=O) groups excluding carboxylic acids is 1. The molecule has 0 aliphatic carbocycles. The summed E-state index contributed by atoms with van der Waals surface area (Å²) in [6.45, 7) is 3.15. The van der Waals surface area contributed by atoms with E-state index >= 15 is 0 Å². The van der Waals surface area contributed by atoms with Gasteiger partial charge in [0.1, 0.15) is 0 Å². The molecule has 0 heterocycles. The highest BCUT2D eigenvalue weighted by molar-refractivity contribution is 5.73. The first-order valence-corrected chi connectivity index (χ1v) is 6.87. The molecule has 0 aliphatic rings. The van der Waals surface area contributed by atoms with Crippen molar-refractivity contribution >= 4 is 12.0 Å². The van der Waals surface area contributed by atoms with E-state index in [1.807, 2.05) is 12.1 Å². The van der Waals surface area contributed by atoms with Crippen LogP contribution in [0.1, 0.15) is 30.4 Å². The lowest BCUT2D eigenvalue weighted by Crippen LogP contribution is -2.37. The van der Waals surface area contributed by atoms with Gasteiger partial charge < -0.3 is 15.7 Å². The van der Waals surface area contributed by atoms with Gasteiger partial charge in [0.15, 0.2) is 0 Å². The molecule has 1 rings (SSSR count). The Hall–Kier alpha value is -2.04. The minimum Gasteiger partial charge on any atom is -0.481 e. The number of carboxylic acids is 1. The van der Waals surface area contributed by atoms with Crippen molar-refractivity contribution in [2.45, 2.75) is 32.6 Å². The Morgan fingerprint density at radius 3 is 2.50 bits per heavy atom. The van der Waals surface area contributed by atoms with Gasteiger partial charge in [0.2, 0.25) is 0 Å². The Bertz CT molecular complexity index is 446. The van der Waals surface area contributed by atoms with Crippen LogP contribution in [0, 0.1) is 6.92 Å². The molecular formula is C15H22N2O3. The highest BCUT2D eigenvalue weighted by Crippen LogP contribution is 2.06. The van der Waals surface area contributed by atoms with Gasteiger partial charge in [-0.05, 0) is 37.3 Å². The second-order valence-electron chi connectivity index (χ2n) is 4.71. The highest BCUT2D eigenvalue weighted by Gasteiger charge is 2.01. The zero-order valence-electron chi connectivity index (χ0n) is 11.8. The minimum absolute atomic E-state index is 0.149. The number of aryl methyl sites for hydroxylation is 1. The molecule has 0 atom stereocenters. The van der Waals surface area contributed by atoms with Gasteiger partial charge in [0.25, 0.3) is 0 Å².